The highest BCUT2D eigenvalue weighted by Gasteiger charge is 2.16. The molecule has 0 spiro atoms. The van der Waals surface area contributed by atoms with Crippen molar-refractivity contribution in [2.24, 2.45) is 0 Å². The van der Waals surface area contributed by atoms with Crippen LogP contribution in [0.3, 0.4) is 0 Å². The first-order valence-electron chi connectivity index (χ1n) is 6.60. The molecule has 0 radical (unpaired) electrons. The summed E-state index contributed by atoms with van der Waals surface area (Å²) < 4.78 is 0.839. The number of halogens is 1. The van der Waals surface area contributed by atoms with E-state index in [1.54, 1.807) is 22.7 Å². The Kier molecular flexibility index (Phi) is 5.43. The van der Waals surface area contributed by atoms with Crippen LogP contribution in [0, 0.1) is 0 Å². The summed E-state index contributed by atoms with van der Waals surface area (Å²) in [5.41, 5.74) is 1.20. The Hall–Kier alpha value is -0.620. The molecule has 1 N–H and O–H groups in total. The number of anilines is 1. The maximum absolute atomic E-state index is 5.98. The van der Waals surface area contributed by atoms with Crippen molar-refractivity contribution >= 4 is 39.4 Å². The van der Waals surface area contributed by atoms with Gasteiger partial charge in [-0.1, -0.05) is 25.4 Å². The minimum Gasteiger partial charge on any atom is -0.346 e. The van der Waals surface area contributed by atoms with Crippen molar-refractivity contribution in [3.05, 3.63) is 31.9 Å². The van der Waals surface area contributed by atoms with Gasteiger partial charge in [0.05, 0.1) is 16.6 Å². The lowest BCUT2D eigenvalue weighted by atomic mass is 10.1. The molecule has 0 fully saturated rings. The van der Waals surface area contributed by atoms with Gasteiger partial charge >= 0.3 is 0 Å². The van der Waals surface area contributed by atoms with Crippen LogP contribution in [0.1, 0.15) is 35.2 Å². The highest BCUT2D eigenvalue weighted by molar-refractivity contribution is 7.16. The molecule has 0 aromatic carbocycles. The first-order valence-corrected chi connectivity index (χ1v) is 8.62. The van der Waals surface area contributed by atoms with Crippen molar-refractivity contribution in [1.82, 2.24) is 10.3 Å². The summed E-state index contributed by atoms with van der Waals surface area (Å²) in [5, 5.41) is 4.29. The maximum atomic E-state index is 5.98. The van der Waals surface area contributed by atoms with Crippen molar-refractivity contribution in [1.29, 1.82) is 0 Å². The van der Waals surface area contributed by atoms with Crippen LogP contribution in [0.25, 0.3) is 0 Å². The molecule has 2 aromatic rings. The molecule has 2 heterocycles. The monoisotopic (exact) mass is 329 g/mol. The normalized spacial score (nSPS) is 11.3. The van der Waals surface area contributed by atoms with Gasteiger partial charge in [0.25, 0.3) is 0 Å². The Bertz CT molecular complexity index is 563. The summed E-state index contributed by atoms with van der Waals surface area (Å²) in [6, 6.07) is 4.03. The second-order valence-corrected chi connectivity index (χ2v) is 7.91. The standard InChI is InChI=1S/C14H20ClN3S2/c1-9(2)13-11(7-16-3)20-14(17-13)18(4)8-10-5-6-12(15)19-10/h5-6,9,16H,7-8H2,1-4H3. The molecule has 0 saturated carbocycles. The second kappa shape index (κ2) is 6.89. The Labute approximate surface area is 133 Å². The molecule has 2 aromatic heterocycles. The predicted octanol–water partition coefficient (Wildman–Crippen LogP) is 4.34. The number of aromatic nitrogens is 1. The van der Waals surface area contributed by atoms with Gasteiger partial charge in [-0.05, 0) is 25.1 Å². The first kappa shape index (κ1) is 15.8. The Balaban J connectivity index is 2.16. The summed E-state index contributed by atoms with van der Waals surface area (Å²) in [7, 11) is 4.06. The van der Waals surface area contributed by atoms with Crippen LogP contribution in [-0.2, 0) is 13.1 Å². The number of hydrogen-bond donors (Lipinski definition) is 1. The van der Waals surface area contributed by atoms with Crippen molar-refractivity contribution in [3.8, 4) is 0 Å². The van der Waals surface area contributed by atoms with E-state index in [9.17, 15) is 0 Å². The molecule has 0 aliphatic carbocycles. The van der Waals surface area contributed by atoms with Crippen LogP contribution in [0.4, 0.5) is 5.13 Å². The number of hydrogen-bond acceptors (Lipinski definition) is 5. The van der Waals surface area contributed by atoms with E-state index in [1.165, 1.54) is 15.4 Å². The number of nitrogens with zero attached hydrogens (tertiary/aromatic N) is 2. The van der Waals surface area contributed by atoms with Crippen LogP contribution in [0.5, 0.6) is 0 Å². The molecule has 0 saturated heterocycles. The fraction of sp³-hybridized carbons (Fsp3) is 0.500. The van der Waals surface area contributed by atoms with Gasteiger partial charge in [-0.2, -0.15) is 0 Å². The summed E-state index contributed by atoms with van der Waals surface area (Å²) >= 11 is 9.38. The van der Waals surface area contributed by atoms with E-state index in [-0.39, 0.29) is 0 Å². The topological polar surface area (TPSA) is 28.2 Å². The molecule has 0 aliphatic heterocycles. The lowest BCUT2D eigenvalue weighted by Crippen LogP contribution is -2.15. The SMILES string of the molecule is CNCc1sc(N(C)Cc2ccc(Cl)s2)nc1C(C)C. The summed E-state index contributed by atoms with van der Waals surface area (Å²) in [5.74, 6) is 0.452. The van der Waals surface area contributed by atoms with Crippen LogP contribution >= 0.6 is 34.3 Å². The molecule has 20 heavy (non-hydrogen) atoms. The Morgan fingerprint density at radius 2 is 2.10 bits per heavy atom. The highest BCUT2D eigenvalue weighted by atomic mass is 35.5. The van der Waals surface area contributed by atoms with E-state index in [4.69, 9.17) is 16.6 Å². The lowest BCUT2D eigenvalue weighted by molar-refractivity contribution is 0.768. The van der Waals surface area contributed by atoms with E-state index in [0.29, 0.717) is 5.92 Å². The Morgan fingerprint density at radius 1 is 1.35 bits per heavy atom. The van der Waals surface area contributed by atoms with E-state index in [2.05, 4.69) is 37.2 Å². The minimum atomic E-state index is 0.452. The fourth-order valence-electron chi connectivity index (χ4n) is 1.99. The number of thiazole rings is 1. The third kappa shape index (κ3) is 3.73. The average molecular weight is 330 g/mol. The first-order chi connectivity index (χ1) is 9.51. The van der Waals surface area contributed by atoms with Crippen molar-refractivity contribution in [2.75, 3.05) is 19.0 Å². The molecule has 0 aliphatic rings. The minimum absolute atomic E-state index is 0.452. The van der Waals surface area contributed by atoms with Gasteiger partial charge in [-0.3, -0.25) is 0 Å². The number of nitrogens with one attached hydrogen (secondary N) is 1. The zero-order valence-corrected chi connectivity index (χ0v) is 14.6. The zero-order valence-electron chi connectivity index (χ0n) is 12.2. The third-order valence-corrected chi connectivity index (χ3v) is 5.35. The van der Waals surface area contributed by atoms with E-state index in [1.807, 2.05) is 13.1 Å². The van der Waals surface area contributed by atoms with Crippen LogP contribution in [-0.4, -0.2) is 19.1 Å². The van der Waals surface area contributed by atoms with E-state index in [0.717, 1.165) is 22.6 Å². The van der Waals surface area contributed by atoms with Gasteiger partial charge in [0, 0.05) is 23.3 Å². The second-order valence-electron chi connectivity index (χ2n) is 5.05. The quantitative estimate of drug-likeness (QED) is 0.854. The van der Waals surface area contributed by atoms with Gasteiger partial charge in [-0.15, -0.1) is 22.7 Å². The molecule has 0 bridgehead atoms. The molecule has 0 amide bonds. The molecule has 110 valence electrons. The third-order valence-electron chi connectivity index (χ3n) is 2.95. The van der Waals surface area contributed by atoms with Gasteiger partial charge < -0.3 is 10.2 Å². The Morgan fingerprint density at radius 3 is 2.65 bits per heavy atom. The average Bonchev–Trinajstić information content (AvgIpc) is 2.96. The van der Waals surface area contributed by atoms with Crippen molar-refractivity contribution in [3.63, 3.8) is 0 Å². The molecule has 3 nitrogen and oxygen atoms in total. The summed E-state index contributed by atoms with van der Waals surface area (Å²) in [4.78, 5) is 9.59. The molecular weight excluding hydrogens is 310 g/mol. The maximum Gasteiger partial charge on any atom is 0.185 e. The fourth-order valence-corrected chi connectivity index (χ4v) is 4.32. The van der Waals surface area contributed by atoms with Gasteiger partial charge in [-0.25, -0.2) is 4.98 Å². The van der Waals surface area contributed by atoms with Crippen LogP contribution in [0.15, 0.2) is 12.1 Å². The van der Waals surface area contributed by atoms with Crippen LogP contribution in [0.2, 0.25) is 4.34 Å². The molecule has 6 heteroatoms. The zero-order chi connectivity index (χ0) is 14.7. The smallest absolute Gasteiger partial charge is 0.185 e. The molecule has 0 atom stereocenters. The number of rotatable bonds is 6. The van der Waals surface area contributed by atoms with Gasteiger partial charge in [0.15, 0.2) is 5.13 Å². The number of thiophene rings is 1. The highest BCUT2D eigenvalue weighted by Crippen LogP contribution is 2.32. The van der Waals surface area contributed by atoms with Crippen molar-refractivity contribution < 1.29 is 0 Å². The molecular formula is C14H20ClN3S2. The lowest BCUT2D eigenvalue weighted by Gasteiger charge is -2.14. The predicted molar refractivity (Wildman–Crippen MR) is 90.4 cm³/mol. The van der Waals surface area contributed by atoms with Crippen LogP contribution < -0.4 is 10.2 Å². The van der Waals surface area contributed by atoms with E-state index >= 15 is 0 Å². The van der Waals surface area contributed by atoms with Gasteiger partial charge in [0.2, 0.25) is 0 Å². The summed E-state index contributed by atoms with van der Waals surface area (Å²) in [6.45, 7) is 6.11. The largest absolute Gasteiger partial charge is 0.346 e. The van der Waals surface area contributed by atoms with Gasteiger partial charge in [0.1, 0.15) is 0 Å². The van der Waals surface area contributed by atoms with E-state index < -0.39 is 0 Å². The molecule has 2 rings (SSSR count). The summed E-state index contributed by atoms with van der Waals surface area (Å²) in [6.07, 6.45) is 0. The molecule has 0 unspecified atom stereocenters. The van der Waals surface area contributed by atoms with Crippen molar-refractivity contribution in [2.45, 2.75) is 32.9 Å².